The van der Waals surface area contributed by atoms with Gasteiger partial charge in [-0.3, -0.25) is 4.79 Å². The number of hydrogen-bond acceptors (Lipinski definition) is 5. The van der Waals surface area contributed by atoms with Gasteiger partial charge in [0, 0.05) is 25.1 Å². The van der Waals surface area contributed by atoms with E-state index in [0.29, 0.717) is 31.4 Å². The van der Waals surface area contributed by atoms with E-state index in [1.54, 1.807) is 0 Å². The second-order valence-electron chi connectivity index (χ2n) is 5.88. The number of aromatic nitrogens is 1. The molecule has 110 valence electrons. The van der Waals surface area contributed by atoms with E-state index in [4.69, 9.17) is 9.26 Å². The molecule has 1 amide bonds. The monoisotopic (exact) mass is 279 g/mol. The molecule has 0 spiro atoms. The molecule has 2 aliphatic rings. The van der Waals surface area contributed by atoms with Gasteiger partial charge >= 0.3 is 0 Å². The largest absolute Gasteiger partial charge is 0.377 e. The summed E-state index contributed by atoms with van der Waals surface area (Å²) in [6, 6.07) is 1.88. The number of rotatable bonds is 4. The summed E-state index contributed by atoms with van der Waals surface area (Å²) in [7, 11) is 4.00. The molecule has 1 aliphatic carbocycles. The van der Waals surface area contributed by atoms with Crippen molar-refractivity contribution < 1.29 is 14.1 Å². The predicted octanol–water partition coefficient (Wildman–Crippen LogP) is 0.955. The zero-order chi connectivity index (χ0) is 14.1. The second-order valence-corrected chi connectivity index (χ2v) is 5.88. The van der Waals surface area contributed by atoms with Gasteiger partial charge in [0.15, 0.2) is 5.69 Å². The summed E-state index contributed by atoms with van der Waals surface area (Å²) < 4.78 is 10.8. The third-order valence-electron chi connectivity index (χ3n) is 3.79. The molecule has 0 radical (unpaired) electrons. The molecule has 1 saturated carbocycles. The van der Waals surface area contributed by atoms with Crippen LogP contribution in [-0.4, -0.2) is 67.3 Å². The quantitative estimate of drug-likeness (QED) is 0.821. The number of amides is 1. The highest BCUT2D eigenvalue weighted by molar-refractivity contribution is 5.92. The molecule has 6 nitrogen and oxygen atoms in total. The smallest absolute Gasteiger partial charge is 0.276 e. The highest BCUT2D eigenvalue weighted by atomic mass is 16.5. The van der Waals surface area contributed by atoms with E-state index in [-0.39, 0.29) is 11.9 Å². The standard InChI is InChI=1S/C14H21N3O3/c1-16(2)8-11-9-19-6-5-17(11)14(18)12-7-13(20-15-12)10-3-4-10/h7,10-11H,3-6,8-9H2,1-2H3. The molecule has 1 aliphatic heterocycles. The van der Waals surface area contributed by atoms with Crippen molar-refractivity contribution in [2.75, 3.05) is 40.4 Å². The first-order chi connectivity index (χ1) is 9.65. The summed E-state index contributed by atoms with van der Waals surface area (Å²) in [6.45, 7) is 2.57. The van der Waals surface area contributed by atoms with Crippen LogP contribution in [0.4, 0.5) is 0 Å². The molecule has 0 N–H and O–H groups in total. The topological polar surface area (TPSA) is 58.8 Å². The average molecular weight is 279 g/mol. The Bertz CT molecular complexity index is 482. The maximum Gasteiger partial charge on any atom is 0.276 e. The first kappa shape index (κ1) is 13.6. The summed E-state index contributed by atoms with van der Waals surface area (Å²) in [5, 5.41) is 3.95. The van der Waals surface area contributed by atoms with Crippen LogP contribution in [0, 0.1) is 0 Å². The van der Waals surface area contributed by atoms with Crippen molar-refractivity contribution in [3.63, 3.8) is 0 Å². The predicted molar refractivity (Wildman–Crippen MR) is 72.7 cm³/mol. The Kier molecular flexibility index (Phi) is 3.76. The second kappa shape index (κ2) is 5.54. The van der Waals surface area contributed by atoms with E-state index in [9.17, 15) is 4.79 Å². The third kappa shape index (κ3) is 2.86. The van der Waals surface area contributed by atoms with Crippen molar-refractivity contribution in [2.24, 2.45) is 0 Å². The third-order valence-corrected chi connectivity index (χ3v) is 3.79. The maximum absolute atomic E-state index is 12.6. The van der Waals surface area contributed by atoms with E-state index in [0.717, 1.165) is 25.1 Å². The van der Waals surface area contributed by atoms with Gasteiger partial charge < -0.3 is 19.1 Å². The number of carbonyl (C=O) groups is 1. The minimum absolute atomic E-state index is 0.0456. The average Bonchev–Trinajstić information content (AvgIpc) is 3.16. The number of hydrogen-bond donors (Lipinski definition) is 0. The summed E-state index contributed by atoms with van der Waals surface area (Å²) in [4.78, 5) is 16.5. The summed E-state index contributed by atoms with van der Waals surface area (Å²) in [5.74, 6) is 1.29. The lowest BCUT2D eigenvalue weighted by atomic mass is 10.2. The molecule has 0 aromatic carbocycles. The normalized spacial score (nSPS) is 23.4. The van der Waals surface area contributed by atoms with Gasteiger partial charge in [-0.1, -0.05) is 5.16 Å². The van der Waals surface area contributed by atoms with Crippen molar-refractivity contribution in [3.8, 4) is 0 Å². The van der Waals surface area contributed by atoms with Crippen molar-refractivity contribution in [3.05, 3.63) is 17.5 Å². The number of likely N-dealkylation sites (N-methyl/N-ethyl adjacent to an activating group) is 1. The van der Waals surface area contributed by atoms with Crippen LogP contribution in [0.25, 0.3) is 0 Å². The molecular formula is C14H21N3O3. The zero-order valence-corrected chi connectivity index (χ0v) is 12.0. The molecule has 2 fully saturated rings. The molecule has 1 aromatic heterocycles. The number of morpholine rings is 1. The Morgan fingerprint density at radius 3 is 3.00 bits per heavy atom. The van der Waals surface area contributed by atoms with Gasteiger partial charge in [0.1, 0.15) is 5.76 Å². The van der Waals surface area contributed by atoms with Crippen LogP contribution in [0.15, 0.2) is 10.6 Å². The Morgan fingerprint density at radius 1 is 1.50 bits per heavy atom. The zero-order valence-electron chi connectivity index (χ0n) is 12.0. The van der Waals surface area contributed by atoms with Crippen molar-refractivity contribution >= 4 is 5.91 Å². The first-order valence-corrected chi connectivity index (χ1v) is 7.15. The summed E-state index contributed by atoms with van der Waals surface area (Å²) in [6.07, 6.45) is 2.28. The Hall–Kier alpha value is -1.40. The van der Waals surface area contributed by atoms with Crippen LogP contribution >= 0.6 is 0 Å². The fourth-order valence-electron chi connectivity index (χ4n) is 2.59. The highest BCUT2D eigenvalue weighted by Gasteiger charge is 2.33. The van der Waals surface area contributed by atoms with Gasteiger partial charge in [-0.05, 0) is 26.9 Å². The molecule has 3 rings (SSSR count). The van der Waals surface area contributed by atoms with Crippen LogP contribution in [-0.2, 0) is 4.74 Å². The van der Waals surface area contributed by atoms with Crippen LogP contribution in [0.2, 0.25) is 0 Å². The maximum atomic E-state index is 12.6. The van der Waals surface area contributed by atoms with E-state index >= 15 is 0 Å². The van der Waals surface area contributed by atoms with Gasteiger partial charge in [-0.2, -0.15) is 0 Å². The van der Waals surface area contributed by atoms with Crippen molar-refractivity contribution in [1.82, 2.24) is 15.0 Å². The van der Waals surface area contributed by atoms with Crippen LogP contribution in [0.3, 0.4) is 0 Å². The lowest BCUT2D eigenvalue weighted by molar-refractivity contribution is -0.00877. The fourth-order valence-corrected chi connectivity index (χ4v) is 2.59. The minimum Gasteiger partial charge on any atom is -0.377 e. The molecule has 0 bridgehead atoms. The number of ether oxygens (including phenoxy) is 1. The molecule has 1 unspecified atom stereocenters. The van der Waals surface area contributed by atoms with Crippen LogP contribution in [0.1, 0.15) is 35.0 Å². The molecule has 6 heteroatoms. The first-order valence-electron chi connectivity index (χ1n) is 7.15. The molecule has 20 heavy (non-hydrogen) atoms. The highest BCUT2D eigenvalue weighted by Crippen LogP contribution is 2.40. The number of nitrogens with zero attached hydrogens (tertiary/aromatic N) is 3. The molecule has 1 atom stereocenters. The van der Waals surface area contributed by atoms with Gasteiger partial charge in [0.05, 0.1) is 19.3 Å². The minimum atomic E-state index is -0.0456. The number of carbonyl (C=O) groups excluding carboxylic acids is 1. The lowest BCUT2D eigenvalue weighted by Gasteiger charge is -2.36. The van der Waals surface area contributed by atoms with Gasteiger partial charge in [0.25, 0.3) is 5.91 Å². The molecular weight excluding hydrogens is 258 g/mol. The van der Waals surface area contributed by atoms with Crippen molar-refractivity contribution in [2.45, 2.75) is 24.8 Å². The van der Waals surface area contributed by atoms with E-state index in [1.165, 1.54) is 0 Å². The summed E-state index contributed by atoms with van der Waals surface area (Å²) >= 11 is 0. The molecule has 2 heterocycles. The Labute approximate surface area is 118 Å². The SMILES string of the molecule is CN(C)CC1COCCN1C(=O)c1cc(C2CC2)on1. The van der Waals surface area contributed by atoms with E-state index in [2.05, 4.69) is 10.1 Å². The van der Waals surface area contributed by atoms with Gasteiger partial charge in [-0.25, -0.2) is 0 Å². The molecule has 1 aromatic rings. The lowest BCUT2D eigenvalue weighted by Crippen LogP contribution is -2.52. The Morgan fingerprint density at radius 2 is 2.30 bits per heavy atom. The van der Waals surface area contributed by atoms with E-state index in [1.807, 2.05) is 25.1 Å². The van der Waals surface area contributed by atoms with Crippen LogP contribution in [0.5, 0.6) is 0 Å². The van der Waals surface area contributed by atoms with Crippen LogP contribution < -0.4 is 0 Å². The Balaban J connectivity index is 1.72. The van der Waals surface area contributed by atoms with Gasteiger partial charge in [-0.15, -0.1) is 0 Å². The fraction of sp³-hybridized carbons (Fsp3) is 0.714. The van der Waals surface area contributed by atoms with Gasteiger partial charge in [0.2, 0.25) is 0 Å². The van der Waals surface area contributed by atoms with Crippen molar-refractivity contribution in [1.29, 1.82) is 0 Å². The van der Waals surface area contributed by atoms with E-state index < -0.39 is 0 Å². The summed E-state index contributed by atoms with van der Waals surface area (Å²) in [5.41, 5.74) is 0.428. The molecule has 1 saturated heterocycles.